The molecule has 3 rings (SSSR count). The van der Waals surface area contributed by atoms with Crippen LogP contribution in [0.15, 0.2) is 23.1 Å². The number of halogens is 1. The maximum absolute atomic E-state index is 5.64. The van der Waals surface area contributed by atoms with Crippen LogP contribution in [-0.2, 0) is 0 Å². The Bertz CT molecular complexity index is 478. The van der Waals surface area contributed by atoms with Crippen molar-refractivity contribution in [3.05, 3.63) is 23.1 Å². The maximum atomic E-state index is 5.64. The van der Waals surface area contributed by atoms with Crippen LogP contribution in [0.1, 0.15) is 12.8 Å². The van der Waals surface area contributed by atoms with Gasteiger partial charge in [-0.1, -0.05) is 0 Å². The fraction of sp³-hybridized carbons (Fsp3) is 0.333. The van der Waals surface area contributed by atoms with Crippen LogP contribution < -0.4 is 4.74 Å². The number of aromatic nitrogens is 3. The van der Waals surface area contributed by atoms with E-state index in [2.05, 4.69) is 26.0 Å². The van der Waals surface area contributed by atoms with Crippen LogP contribution in [0.25, 0.3) is 5.65 Å². The van der Waals surface area contributed by atoms with E-state index in [0.29, 0.717) is 10.8 Å². The number of pyridine rings is 1. The summed E-state index contributed by atoms with van der Waals surface area (Å²) in [6.45, 7) is 0. The highest BCUT2D eigenvalue weighted by Gasteiger charge is 2.23. The van der Waals surface area contributed by atoms with Crippen LogP contribution in [0.4, 0.5) is 0 Å². The summed E-state index contributed by atoms with van der Waals surface area (Å²) in [7, 11) is 0. The van der Waals surface area contributed by atoms with Gasteiger partial charge in [0.1, 0.15) is 5.75 Å². The molecule has 72 valence electrons. The zero-order valence-corrected chi connectivity index (χ0v) is 8.94. The van der Waals surface area contributed by atoms with Gasteiger partial charge in [-0.05, 0) is 40.9 Å². The summed E-state index contributed by atoms with van der Waals surface area (Å²) in [6.07, 6.45) is 4.60. The molecular formula is C9H8BrN3O. The number of ether oxygens (including phenoxy) is 1. The Morgan fingerprint density at radius 1 is 1.43 bits per heavy atom. The molecule has 0 unspecified atom stereocenters. The molecule has 0 radical (unpaired) electrons. The van der Waals surface area contributed by atoms with E-state index in [1.165, 1.54) is 12.8 Å². The Hall–Kier alpha value is -1.10. The number of hydrogen-bond acceptors (Lipinski definition) is 3. The lowest BCUT2D eigenvalue weighted by Gasteiger charge is -2.02. The summed E-state index contributed by atoms with van der Waals surface area (Å²) in [5, 5.41) is 4.14. The maximum Gasteiger partial charge on any atom is 0.218 e. The summed E-state index contributed by atoms with van der Waals surface area (Å²) in [5.41, 5.74) is 0.819. The van der Waals surface area contributed by atoms with E-state index in [9.17, 15) is 0 Å². The molecule has 0 atom stereocenters. The minimum atomic E-state index is 0.416. The first-order valence-corrected chi connectivity index (χ1v) is 5.29. The van der Waals surface area contributed by atoms with Gasteiger partial charge in [-0.15, -0.1) is 5.10 Å². The molecule has 1 fully saturated rings. The quantitative estimate of drug-likeness (QED) is 0.823. The first-order chi connectivity index (χ1) is 6.81. The van der Waals surface area contributed by atoms with Gasteiger partial charge in [0.2, 0.25) is 4.73 Å². The summed E-state index contributed by atoms with van der Waals surface area (Å²) in [5.74, 6) is 0.859. The van der Waals surface area contributed by atoms with Gasteiger partial charge in [0.25, 0.3) is 0 Å². The van der Waals surface area contributed by atoms with Crippen molar-refractivity contribution in [3.8, 4) is 5.75 Å². The summed E-state index contributed by atoms with van der Waals surface area (Å²) in [4.78, 5) is 4.16. The van der Waals surface area contributed by atoms with Gasteiger partial charge in [0.15, 0.2) is 5.65 Å². The van der Waals surface area contributed by atoms with Crippen LogP contribution in [-0.4, -0.2) is 20.7 Å². The van der Waals surface area contributed by atoms with Gasteiger partial charge in [0, 0.05) is 0 Å². The third kappa shape index (κ3) is 1.48. The summed E-state index contributed by atoms with van der Waals surface area (Å²) < 4.78 is 7.95. The first-order valence-electron chi connectivity index (χ1n) is 4.50. The Balaban J connectivity index is 2.00. The highest BCUT2D eigenvalue weighted by atomic mass is 79.9. The molecule has 0 amide bonds. The number of hydrogen-bond donors (Lipinski definition) is 0. The minimum Gasteiger partial charge on any atom is -0.489 e. The van der Waals surface area contributed by atoms with E-state index in [1.54, 1.807) is 4.52 Å². The molecule has 14 heavy (non-hydrogen) atoms. The van der Waals surface area contributed by atoms with Crippen LogP contribution in [0.2, 0.25) is 0 Å². The number of rotatable bonds is 2. The molecule has 0 spiro atoms. The zero-order chi connectivity index (χ0) is 9.54. The normalized spacial score (nSPS) is 16.1. The first kappa shape index (κ1) is 8.23. The standard InChI is InChI=1S/C9H8BrN3O/c10-9-11-8-4-3-7(5-13(8)12-9)14-6-1-2-6/h3-6H,1-2H2. The highest BCUT2D eigenvalue weighted by Crippen LogP contribution is 2.26. The van der Waals surface area contributed by atoms with E-state index in [4.69, 9.17) is 4.74 Å². The lowest BCUT2D eigenvalue weighted by Crippen LogP contribution is -1.97. The predicted octanol–water partition coefficient (Wildman–Crippen LogP) is 2.03. The van der Waals surface area contributed by atoms with Crippen LogP contribution in [0.3, 0.4) is 0 Å². The molecule has 0 aliphatic heterocycles. The molecule has 2 aromatic heterocycles. The Morgan fingerprint density at radius 2 is 2.29 bits per heavy atom. The van der Waals surface area contributed by atoms with Crippen LogP contribution in [0.5, 0.6) is 5.75 Å². The molecule has 1 aliphatic carbocycles. The summed E-state index contributed by atoms with van der Waals surface area (Å²) >= 11 is 3.23. The smallest absolute Gasteiger partial charge is 0.218 e. The predicted molar refractivity (Wildman–Crippen MR) is 54.3 cm³/mol. The highest BCUT2D eigenvalue weighted by molar-refractivity contribution is 9.10. The third-order valence-corrected chi connectivity index (χ3v) is 2.44. The van der Waals surface area contributed by atoms with Crippen molar-refractivity contribution in [2.24, 2.45) is 0 Å². The third-order valence-electron chi connectivity index (χ3n) is 2.11. The number of nitrogens with zero attached hydrogens (tertiary/aromatic N) is 3. The van der Waals surface area contributed by atoms with Gasteiger partial charge in [0.05, 0.1) is 12.3 Å². The van der Waals surface area contributed by atoms with Gasteiger partial charge < -0.3 is 4.74 Å². The molecule has 0 aromatic carbocycles. The second-order valence-electron chi connectivity index (χ2n) is 3.37. The minimum absolute atomic E-state index is 0.416. The fourth-order valence-electron chi connectivity index (χ4n) is 1.29. The van der Waals surface area contributed by atoms with Gasteiger partial charge >= 0.3 is 0 Å². The van der Waals surface area contributed by atoms with Crippen molar-refractivity contribution in [2.75, 3.05) is 0 Å². The second-order valence-corrected chi connectivity index (χ2v) is 4.07. The average Bonchev–Trinajstić information content (AvgIpc) is 2.86. The van der Waals surface area contributed by atoms with Crippen molar-refractivity contribution < 1.29 is 4.74 Å². The molecule has 2 aromatic rings. The Kier molecular flexibility index (Phi) is 1.73. The molecule has 2 heterocycles. The molecule has 0 N–H and O–H groups in total. The largest absolute Gasteiger partial charge is 0.489 e. The SMILES string of the molecule is Brc1nc2ccc(OC3CC3)cn2n1. The molecule has 1 aliphatic rings. The van der Waals surface area contributed by atoms with E-state index in [1.807, 2.05) is 18.3 Å². The van der Waals surface area contributed by atoms with Crippen molar-refractivity contribution in [3.63, 3.8) is 0 Å². The molecule has 0 saturated heterocycles. The Labute approximate surface area is 89.0 Å². The monoisotopic (exact) mass is 253 g/mol. The number of fused-ring (bicyclic) bond motifs is 1. The van der Waals surface area contributed by atoms with Crippen molar-refractivity contribution >= 4 is 21.6 Å². The van der Waals surface area contributed by atoms with Gasteiger partial charge in [-0.2, -0.15) is 0 Å². The van der Waals surface area contributed by atoms with E-state index in [0.717, 1.165) is 11.4 Å². The molecule has 0 bridgehead atoms. The van der Waals surface area contributed by atoms with Crippen molar-refractivity contribution in [1.29, 1.82) is 0 Å². The van der Waals surface area contributed by atoms with Crippen molar-refractivity contribution in [2.45, 2.75) is 18.9 Å². The lowest BCUT2D eigenvalue weighted by molar-refractivity contribution is 0.301. The Morgan fingerprint density at radius 3 is 3.07 bits per heavy atom. The second kappa shape index (κ2) is 2.95. The van der Waals surface area contributed by atoms with Gasteiger partial charge in [-0.3, -0.25) is 0 Å². The molecule has 5 heteroatoms. The van der Waals surface area contributed by atoms with Crippen molar-refractivity contribution in [1.82, 2.24) is 14.6 Å². The van der Waals surface area contributed by atoms with Gasteiger partial charge in [-0.25, -0.2) is 9.50 Å². The lowest BCUT2D eigenvalue weighted by atomic mass is 10.4. The van der Waals surface area contributed by atoms with E-state index >= 15 is 0 Å². The zero-order valence-electron chi connectivity index (χ0n) is 7.35. The topological polar surface area (TPSA) is 39.4 Å². The van der Waals surface area contributed by atoms with Crippen LogP contribution >= 0.6 is 15.9 Å². The average molecular weight is 254 g/mol. The van der Waals surface area contributed by atoms with E-state index < -0.39 is 0 Å². The van der Waals surface area contributed by atoms with E-state index in [-0.39, 0.29) is 0 Å². The fourth-order valence-corrected chi connectivity index (χ4v) is 1.64. The summed E-state index contributed by atoms with van der Waals surface area (Å²) in [6, 6.07) is 3.82. The molecule has 1 saturated carbocycles. The molecule has 4 nitrogen and oxygen atoms in total. The van der Waals surface area contributed by atoms with Crippen LogP contribution in [0, 0.1) is 0 Å². The molecular weight excluding hydrogens is 246 g/mol.